The molecule has 1 aromatic carbocycles. The van der Waals surface area contributed by atoms with Gasteiger partial charge in [-0.25, -0.2) is 17.9 Å². The lowest BCUT2D eigenvalue weighted by atomic mass is 10.2. The second kappa shape index (κ2) is 5.75. The van der Waals surface area contributed by atoms with Gasteiger partial charge in [0, 0.05) is 12.1 Å². The Labute approximate surface area is 111 Å². The number of benzene rings is 1. The van der Waals surface area contributed by atoms with Crippen molar-refractivity contribution < 1.29 is 30.8 Å². The van der Waals surface area contributed by atoms with Crippen LogP contribution in [0.1, 0.15) is 12.8 Å². The molecule has 3 N–H and O–H groups in total. The van der Waals surface area contributed by atoms with Gasteiger partial charge in [0.15, 0.2) is 0 Å². The largest absolute Gasteiger partial charge is 0.389 e. The fourth-order valence-electron chi connectivity index (χ4n) is 1.28. The van der Waals surface area contributed by atoms with Crippen LogP contribution < -0.4 is 10.5 Å². The summed E-state index contributed by atoms with van der Waals surface area (Å²) in [5.41, 5.74) is -0.291. The van der Waals surface area contributed by atoms with E-state index >= 15 is 0 Å². The minimum atomic E-state index is -4.50. The van der Waals surface area contributed by atoms with E-state index in [1.54, 1.807) is 0 Å². The van der Waals surface area contributed by atoms with Crippen molar-refractivity contribution >= 4 is 21.6 Å². The molecule has 1 amide bonds. The summed E-state index contributed by atoms with van der Waals surface area (Å²) in [5, 5.41) is 6.75. The van der Waals surface area contributed by atoms with Crippen LogP contribution in [0.5, 0.6) is 0 Å². The molecule has 1 aromatic rings. The van der Waals surface area contributed by atoms with Crippen LogP contribution in [0, 0.1) is 5.82 Å². The second-order valence-corrected chi connectivity index (χ2v) is 5.45. The van der Waals surface area contributed by atoms with Crippen molar-refractivity contribution in [3.05, 3.63) is 24.0 Å². The lowest BCUT2D eigenvalue weighted by Crippen LogP contribution is -2.17. The van der Waals surface area contributed by atoms with Gasteiger partial charge in [0.2, 0.25) is 15.9 Å². The lowest BCUT2D eigenvalue weighted by molar-refractivity contribution is -0.142. The monoisotopic (exact) mass is 314 g/mol. The maximum Gasteiger partial charge on any atom is 0.389 e. The van der Waals surface area contributed by atoms with Crippen molar-refractivity contribution in [1.29, 1.82) is 0 Å². The topological polar surface area (TPSA) is 89.3 Å². The van der Waals surface area contributed by atoms with E-state index in [-0.39, 0.29) is 5.69 Å². The smallest absolute Gasteiger partial charge is 0.326 e. The fourth-order valence-corrected chi connectivity index (χ4v) is 1.85. The standard InChI is InChI=1S/C10H10F4N2O3S/c11-6-3-7(5-8(4-6)20(15,18)19)16-9(17)1-2-10(12,13)14/h3-5H,1-2H2,(H,16,17)(H2,15,18,19). The first-order valence-electron chi connectivity index (χ1n) is 5.17. The van der Waals surface area contributed by atoms with Gasteiger partial charge in [-0.05, 0) is 18.2 Å². The number of primary sulfonamides is 1. The van der Waals surface area contributed by atoms with E-state index in [1.807, 2.05) is 5.32 Å². The minimum absolute atomic E-state index is 0.291. The Hall–Kier alpha value is -1.68. The molecule has 0 aliphatic heterocycles. The Kier molecular flexibility index (Phi) is 4.71. The first kappa shape index (κ1) is 16.4. The molecule has 112 valence electrons. The number of hydrogen-bond donors (Lipinski definition) is 2. The van der Waals surface area contributed by atoms with E-state index in [2.05, 4.69) is 0 Å². The number of rotatable bonds is 4. The number of carbonyl (C=O) groups is 1. The van der Waals surface area contributed by atoms with Gasteiger partial charge in [-0.2, -0.15) is 13.2 Å². The SMILES string of the molecule is NS(=O)(=O)c1cc(F)cc(NC(=O)CCC(F)(F)F)c1. The number of nitrogens with one attached hydrogen (secondary N) is 1. The first-order valence-corrected chi connectivity index (χ1v) is 6.72. The van der Waals surface area contributed by atoms with Gasteiger partial charge in [0.25, 0.3) is 0 Å². The average Bonchev–Trinajstić information content (AvgIpc) is 2.23. The third-order valence-electron chi connectivity index (χ3n) is 2.12. The number of anilines is 1. The van der Waals surface area contributed by atoms with Crippen LogP contribution in [-0.4, -0.2) is 20.5 Å². The molecule has 0 unspecified atom stereocenters. The number of amides is 1. The molecule has 0 radical (unpaired) electrons. The summed E-state index contributed by atoms with van der Waals surface area (Å²) >= 11 is 0. The van der Waals surface area contributed by atoms with Crippen LogP contribution in [0.15, 0.2) is 23.1 Å². The molecule has 10 heteroatoms. The summed E-state index contributed by atoms with van der Waals surface area (Å²) in [6.07, 6.45) is -6.69. The van der Waals surface area contributed by atoms with Crippen molar-refractivity contribution in [3.8, 4) is 0 Å². The van der Waals surface area contributed by atoms with E-state index in [0.29, 0.717) is 6.07 Å². The molecule has 0 saturated heterocycles. The zero-order valence-corrected chi connectivity index (χ0v) is 10.7. The Bertz CT molecular complexity index is 613. The normalized spacial score (nSPS) is 12.2. The van der Waals surface area contributed by atoms with Crippen molar-refractivity contribution in [2.24, 2.45) is 5.14 Å². The van der Waals surface area contributed by atoms with Gasteiger partial charge < -0.3 is 5.32 Å². The van der Waals surface area contributed by atoms with Crippen LogP contribution in [0.25, 0.3) is 0 Å². The molecular formula is C10H10F4N2O3S. The van der Waals surface area contributed by atoms with E-state index in [4.69, 9.17) is 5.14 Å². The summed E-state index contributed by atoms with van der Waals surface area (Å²) in [7, 11) is -4.19. The highest BCUT2D eigenvalue weighted by molar-refractivity contribution is 7.89. The zero-order chi connectivity index (χ0) is 15.6. The Morgan fingerprint density at radius 2 is 1.85 bits per heavy atom. The highest BCUT2D eigenvalue weighted by atomic mass is 32.2. The minimum Gasteiger partial charge on any atom is -0.326 e. The third kappa shape index (κ3) is 5.53. The number of sulfonamides is 1. The highest BCUT2D eigenvalue weighted by Crippen LogP contribution is 2.22. The molecule has 0 aliphatic rings. The predicted octanol–water partition coefficient (Wildman–Crippen LogP) is 1.75. The molecule has 0 aliphatic carbocycles. The Morgan fingerprint density at radius 3 is 2.35 bits per heavy atom. The van der Waals surface area contributed by atoms with E-state index in [9.17, 15) is 30.8 Å². The van der Waals surface area contributed by atoms with Crippen LogP contribution in [0.2, 0.25) is 0 Å². The van der Waals surface area contributed by atoms with Gasteiger partial charge in [-0.3, -0.25) is 4.79 Å². The van der Waals surface area contributed by atoms with Crippen LogP contribution in [-0.2, 0) is 14.8 Å². The van der Waals surface area contributed by atoms with Crippen LogP contribution in [0.4, 0.5) is 23.2 Å². The quantitative estimate of drug-likeness (QED) is 0.830. The van der Waals surface area contributed by atoms with Crippen LogP contribution >= 0.6 is 0 Å². The summed E-state index contributed by atoms with van der Waals surface area (Å²) in [6.45, 7) is 0. The number of carbonyl (C=O) groups excluding carboxylic acids is 1. The van der Waals surface area contributed by atoms with Gasteiger partial charge in [-0.1, -0.05) is 0 Å². The number of halogens is 4. The predicted molar refractivity (Wildman–Crippen MR) is 61.7 cm³/mol. The second-order valence-electron chi connectivity index (χ2n) is 3.88. The summed E-state index contributed by atoms with van der Waals surface area (Å²) < 4.78 is 70.9. The zero-order valence-electron chi connectivity index (χ0n) is 9.87. The average molecular weight is 314 g/mol. The van der Waals surface area contributed by atoms with Crippen LogP contribution in [0.3, 0.4) is 0 Å². The molecule has 0 fully saturated rings. The number of hydrogen-bond acceptors (Lipinski definition) is 3. The summed E-state index contributed by atoms with van der Waals surface area (Å²) in [6, 6.07) is 2.24. The third-order valence-corrected chi connectivity index (χ3v) is 3.01. The molecule has 20 heavy (non-hydrogen) atoms. The lowest BCUT2D eigenvalue weighted by Gasteiger charge is -2.08. The maximum absolute atomic E-state index is 13.1. The number of nitrogens with two attached hydrogens (primary N) is 1. The van der Waals surface area contributed by atoms with Gasteiger partial charge in [0.1, 0.15) is 5.82 Å². The highest BCUT2D eigenvalue weighted by Gasteiger charge is 2.27. The molecule has 0 bridgehead atoms. The Morgan fingerprint density at radius 1 is 1.25 bits per heavy atom. The number of alkyl halides is 3. The van der Waals surface area contributed by atoms with Gasteiger partial charge in [0.05, 0.1) is 11.3 Å². The molecular weight excluding hydrogens is 304 g/mol. The molecule has 0 spiro atoms. The molecule has 0 atom stereocenters. The first-order chi connectivity index (χ1) is 8.97. The molecule has 1 rings (SSSR count). The fraction of sp³-hybridized carbons (Fsp3) is 0.300. The van der Waals surface area contributed by atoms with E-state index < -0.39 is 45.7 Å². The van der Waals surface area contributed by atoms with Crippen molar-refractivity contribution in [3.63, 3.8) is 0 Å². The molecule has 0 saturated carbocycles. The van der Waals surface area contributed by atoms with Gasteiger partial charge >= 0.3 is 6.18 Å². The maximum atomic E-state index is 13.1. The molecule has 5 nitrogen and oxygen atoms in total. The van der Waals surface area contributed by atoms with E-state index in [1.165, 1.54) is 0 Å². The van der Waals surface area contributed by atoms with Crippen molar-refractivity contribution in [2.75, 3.05) is 5.32 Å². The molecule has 0 aromatic heterocycles. The summed E-state index contributed by atoms with van der Waals surface area (Å²) in [4.78, 5) is 10.6. The van der Waals surface area contributed by atoms with Crippen molar-refractivity contribution in [1.82, 2.24) is 0 Å². The van der Waals surface area contributed by atoms with Crippen molar-refractivity contribution in [2.45, 2.75) is 23.9 Å². The van der Waals surface area contributed by atoms with Gasteiger partial charge in [-0.15, -0.1) is 0 Å². The van der Waals surface area contributed by atoms with E-state index in [0.717, 1.165) is 12.1 Å². The Balaban J connectivity index is 2.83. The summed E-state index contributed by atoms with van der Waals surface area (Å²) in [5.74, 6) is -2.02. The molecule has 0 heterocycles.